The van der Waals surface area contributed by atoms with Crippen molar-refractivity contribution in [3.8, 4) is 0 Å². The third kappa shape index (κ3) is 3.42. The number of benzene rings is 1. The maximum atomic E-state index is 13.3. The van der Waals surface area contributed by atoms with Gasteiger partial charge in [-0.25, -0.2) is 4.79 Å². The fourth-order valence-corrected chi connectivity index (χ4v) is 4.17. The first-order valence-electron chi connectivity index (χ1n) is 8.03. The Hall–Kier alpha value is -2.45. The monoisotopic (exact) mass is 448 g/mol. The summed E-state index contributed by atoms with van der Waals surface area (Å²) in [4.78, 5) is 44.2. The minimum atomic E-state index is -0.565. The zero-order valence-electron chi connectivity index (χ0n) is 15.0. The van der Waals surface area contributed by atoms with E-state index in [0.717, 1.165) is 4.88 Å². The van der Waals surface area contributed by atoms with Crippen LogP contribution in [0.1, 0.15) is 41.0 Å². The van der Waals surface area contributed by atoms with Crippen LogP contribution in [0.4, 0.5) is 0 Å². The van der Waals surface area contributed by atoms with E-state index in [0.29, 0.717) is 21.1 Å². The Bertz CT molecular complexity index is 1050. The van der Waals surface area contributed by atoms with Gasteiger partial charge in [-0.2, -0.15) is 0 Å². The smallest absolute Gasteiger partial charge is 0.338 e. The number of amides is 1. The second-order valence-corrected chi connectivity index (χ2v) is 7.75. The number of carbonyl (C=O) groups is 3. The van der Waals surface area contributed by atoms with Gasteiger partial charge in [-0.1, -0.05) is 22.0 Å². The van der Waals surface area contributed by atoms with Crippen molar-refractivity contribution in [1.29, 1.82) is 0 Å². The molecule has 0 spiro atoms. The maximum Gasteiger partial charge on any atom is 0.338 e. The molecule has 0 unspecified atom stereocenters. The van der Waals surface area contributed by atoms with E-state index in [1.165, 1.54) is 23.3 Å². The lowest BCUT2D eigenvalue weighted by Gasteiger charge is -2.10. The van der Waals surface area contributed by atoms with E-state index in [4.69, 9.17) is 4.74 Å². The van der Waals surface area contributed by atoms with E-state index in [1.54, 1.807) is 38.4 Å². The van der Waals surface area contributed by atoms with Crippen molar-refractivity contribution in [2.45, 2.75) is 5.33 Å². The van der Waals surface area contributed by atoms with Gasteiger partial charge < -0.3 is 14.6 Å². The van der Waals surface area contributed by atoms with E-state index >= 15 is 0 Å². The number of ether oxygens (including phenoxy) is 1. The highest BCUT2D eigenvalue weighted by Crippen LogP contribution is 2.31. The fraction of sp³-hybridized carbons (Fsp3) is 0.211. The van der Waals surface area contributed by atoms with Crippen LogP contribution in [0.3, 0.4) is 0 Å². The van der Waals surface area contributed by atoms with E-state index in [2.05, 4.69) is 20.9 Å². The lowest BCUT2D eigenvalue weighted by Crippen LogP contribution is -2.24. The Morgan fingerprint density at radius 2 is 1.93 bits per heavy atom. The molecule has 1 aromatic carbocycles. The summed E-state index contributed by atoms with van der Waals surface area (Å²) in [5, 5.41) is 1.03. The highest BCUT2D eigenvalue weighted by Gasteiger charge is 2.29. The number of fused-ring (bicyclic) bond motifs is 1. The van der Waals surface area contributed by atoms with Crippen LogP contribution in [0.2, 0.25) is 0 Å². The highest BCUT2D eigenvalue weighted by atomic mass is 79.9. The molecule has 3 rings (SSSR count). The van der Waals surface area contributed by atoms with Crippen LogP contribution >= 0.6 is 27.3 Å². The number of halogens is 1. The van der Waals surface area contributed by atoms with Gasteiger partial charge in [0, 0.05) is 35.2 Å². The van der Waals surface area contributed by atoms with Gasteiger partial charge >= 0.3 is 5.97 Å². The number of carbonyl (C=O) groups excluding carboxylic acids is 3. The number of alkyl halides is 1. The fourth-order valence-electron chi connectivity index (χ4n) is 2.83. The predicted octanol–water partition coefficient (Wildman–Crippen LogP) is 3.84. The standard InChI is InChI=1S/C19H17BrN2O4S/c1-22(2)18(24)16-15(17(23)13-8-7-10(9-20)27-13)14-11(19(25)26-3)5-4-6-12(14)21-16/h4-8,21H,9H2,1-3H3. The lowest BCUT2D eigenvalue weighted by atomic mass is 10.00. The first kappa shape index (κ1) is 19.3. The second kappa shape index (κ2) is 7.66. The normalized spacial score (nSPS) is 10.8. The summed E-state index contributed by atoms with van der Waals surface area (Å²) in [6, 6.07) is 8.57. The number of hydrogen-bond donors (Lipinski definition) is 1. The van der Waals surface area contributed by atoms with Crippen molar-refractivity contribution in [3.05, 3.63) is 56.9 Å². The molecule has 3 aromatic rings. The summed E-state index contributed by atoms with van der Waals surface area (Å²) in [7, 11) is 4.50. The van der Waals surface area contributed by atoms with E-state index in [-0.39, 0.29) is 28.5 Å². The van der Waals surface area contributed by atoms with Crippen molar-refractivity contribution in [1.82, 2.24) is 9.88 Å². The Balaban J connectivity index is 2.32. The molecule has 140 valence electrons. The van der Waals surface area contributed by atoms with Gasteiger partial charge in [0.1, 0.15) is 5.69 Å². The number of rotatable bonds is 5. The number of aromatic nitrogens is 1. The summed E-state index contributed by atoms with van der Waals surface area (Å²) in [5.41, 5.74) is 1.12. The number of esters is 1. The summed E-state index contributed by atoms with van der Waals surface area (Å²) < 4.78 is 4.86. The van der Waals surface area contributed by atoms with Crippen LogP contribution in [0.15, 0.2) is 30.3 Å². The van der Waals surface area contributed by atoms with Crippen LogP contribution in [-0.2, 0) is 10.1 Å². The number of thiophene rings is 1. The Morgan fingerprint density at radius 1 is 1.19 bits per heavy atom. The summed E-state index contributed by atoms with van der Waals surface area (Å²) >= 11 is 4.72. The Labute approximate surface area is 168 Å². The van der Waals surface area contributed by atoms with E-state index in [1.807, 2.05) is 6.07 Å². The molecule has 0 saturated heterocycles. The average molecular weight is 449 g/mol. The molecule has 0 atom stereocenters. The minimum Gasteiger partial charge on any atom is -0.465 e. The van der Waals surface area contributed by atoms with Crippen molar-refractivity contribution in [2.24, 2.45) is 0 Å². The first-order valence-corrected chi connectivity index (χ1v) is 9.96. The molecule has 0 bridgehead atoms. The average Bonchev–Trinajstić information content (AvgIpc) is 3.30. The van der Waals surface area contributed by atoms with Crippen molar-refractivity contribution >= 4 is 55.8 Å². The quantitative estimate of drug-likeness (QED) is 0.365. The molecule has 0 fully saturated rings. The van der Waals surface area contributed by atoms with Crippen molar-refractivity contribution in [3.63, 3.8) is 0 Å². The van der Waals surface area contributed by atoms with Crippen LogP contribution in [0.5, 0.6) is 0 Å². The zero-order valence-corrected chi connectivity index (χ0v) is 17.4. The van der Waals surface area contributed by atoms with Gasteiger partial charge in [-0.15, -0.1) is 11.3 Å². The van der Waals surface area contributed by atoms with Gasteiger partial charge in [-0.3, -0.25) is 9.59 Å². The number of ketones is 1. The summed E-state index contributed by atoms with van der Waals surface area (Å²) in [6.07, 6.45) is 0. The molecule has 1 amide bonds. The van der Waals surface area contributed by atoms with Crippen molar-refractivity contribution in [2.75, 3.05) is 21.2 Å². The van der Waals surface area contributed by atoms with E-state index in [9.17, 15) is 14.4 Å². The molecular weight excluding hydrogens is 432 g/mol. The Morgan fingerprint density at radius 3 is 2.52 bits per heavy atom. The van der Waals surface area contributed by atoms with Crippen LogP contribution in [0, 0.1) is 0 Å². The first-order chi connectivity index (χ1) is 12.9. The molecular formula is C19H17BrN2O4S. The molecule has 0 aliphatic rings. The number of aromatic amines is 1. The summed E-state index contributed by atoms with van der Waals surface area (Å²) in [6.45, 7) is 0. The van der Waals surface area contributed by atoms with Gasteiger partial charge in [0.15, 0.2) is 0 Å². The molecule has 8 heteroatoms. The molecule has 2 heterocycles. The molecule has 6 nitrogen and oxygen atoms in total. The summed E-state index contributed by atoms with van der Waals surface area (Å²) in [5.74, 6) is -1.22. The number of nitrogens with one attached hydrogen (secondary N) is 1. The molecule has 0 aliphatic carbocycles. The van der Waals surface area contributed by atoms with Gasteiger partial charge in [0.2, 0.25) is 5.78 Å². The molecule has 1 N–H and O–H groups in total. The zero-order chi connectivity index (χ0) is 19.7. The molecule has 27 heavy (non-hydrogen) atoms. The lowest BCUT2D eigenvalue weighted by molar-refractivity contribution is 0.0602. The van der Waals surface area contributed by atoms with Gasteiger partial charge in [0.25, 0.3) is 5.91 Å². The molecule has 2 aromatic heterocycles. The molecule has 0 radical (unpaired) electrons. The third-order valence-electron chi connectivity index (χ3n) is 4.09. The van der Waals surface area contributed by atoms with E-state index < -0.39 is 5.97 Å². The maximum absolute atomic E-state index is 13.3. The van der Waals surface area contributed by atoms with Crippen LogP contribution in [0.25, 0.3) is 10.9 Å². The SMILES string of the molecule is COC(=O)c1cccc2[nH]c(C(=O)N(C)C)c(C(=O)c3ccc(CBr)s3)c12. The van der Waals surface area contributed by atoms with Gasteiger partial charge in [-0.05, 0) is 24.3 Å². The number of H-pyrrole nitrogens is 1. The van der Waals surface area contributed by atoms with Crippen LogP contribution < -0.4 is 0 Å². The number of methoxy groups -OCH3 is 1. The third-order valence-corrected chi connectivity index (χ3v) is 6.15. The topological polar surface area (TPSA) is 79.5 Å². The van der Waals surface area contributed by atoms with Gasteiger partial charge in [0.05, 0.1) is 23.1 Å². The number of hydrogen-bond acceptors (Lipinski definition) is 5. The minimum absolute atomic E-state index is 0.158. The highest BCUT2D eigenvalue weighted by molar-refractivity contribution is 9.08. The molecule has 0 saturated carbocycles. The largest absolute Gasteiger partial charge is 0.465 e. The van der Waals surface area contributed by atoms with Crippen molar-refractivity contribution < 1.29 is 19.1 Å². The number of nitrogens with zero attached hydrogens (tertiary/aromatic N) is 1. The molecule has 0 aliphatic heterocycles. The predicted molar refractivity (Wildman–Crippen MR) is 108 cm³/mol. The Kier molecular flexibility index (Phi) is 5.48. The second-order valence-electron chi connectivity index (χ2n) is 6.02. The van der Waals surface area contributed by atoms with Crippen LogP contribution in [-0.4, -0.2) is 48.7 Å².